The van der Waals surface area contributed by atoms with Crippen LogP contribution in [0.2, 0.25) is 5.02 Å². The lowest BCUT2D eigenvalue weighted by Crippen LogP contribution is -2.33. The fraction of sp³-hybridized carbons (Fsp3) is 0.0385. The predicted molar refractivity (Wildman–Crippen MR) is 147 cm³/mol. The van der Waals surface area contributed by atoms with E-state index in [0.717, 1.165) is 0 Å². The number of furan rings is 1. The minimum atomic E-state index is -0.616. The molecule has 0 atom stereocenters. The zero-order valence-corrected chi connectivity index (χ0v) is 21.3. The SMILES string of the molecule is COc1cc(NC(=S)NC(=O)c2ccc(-c3cccc([N+](=O)[O-])c3)o2)ccc1NC(=O)c1ccccc1Cl. The first-order chi connectivity index (χ1) is 18.2. The largest absolute Gasteiger partial charge is 0.494 e. The summed E-state index contributed by atoms with van der Waals surface area (Å²) < 4.78 is 10.9. The number of carbonyl (C=O) groups excluding carboxylic acids is 2. The molecule has 0 aliphatic carbocycles. The third-order valence-electron chi connectivity index (χ3n) is 5.22. The Labute approximate surface area is 226 Å². The molecule has 0 spiro atoms. The maximum atomic E-state index is 12.6. The van der Waals surface area contributed by atoms with Crippen LogP contribution in [0.3, 0.4) is 0 Å². The molecule has 0 saturated carbocycles. The Kier molecular flexibility index (Phi) is 8.00. The molecule has 2 amide bonds. The normalized spacial score (nSPS) is 10.4. The number of hydrogen-bond donors (Lipinski definition) is 3. The highest BCUT2D eigenvalue weighted by Gasteiger charge is 2.17. The van der Waals surface area contributed by atoms with Crippen LogP contribution < -0.4 is 20.7 Å². The van der Waals surface area contributed by atoms with E-state index in [0.29, 0.717) is 33.3 Å². The molecule has 4 rings (SSSR count). The molecule has 1 aromatic heterocycles. The fourth-order valence-corrected chi connectivity index (χ4v) is 3.85. The number of benzene rings is 3. The van der Waals surface area contributed by atoms with Gasteiger partial charge < -0.3 is 19.8 Å². The number of ether oxygens (including phenoxy) is 1. The van der Waals surface area contributed by atoms with Crippen molar-refractivity contribution in [1.29, 1.82) is 0 Å². The van der Waals surface area contributed by atoms with Crippen LogP contribution in [-0.2, 0) is 0 Å². The van der Waals surface area contributed by atoms with Gasteiger partial charge in [0.1, 0.15) is 11.5 Å². The molecule has 0 unspecified atom stereocenters. The highest BCUT2D eigenvalue weighted by atomic mass is 35.5. The van der Waals surface area contributed by atoms with Crippen molar-refractivity contribution in [3.05, 3.63) is 105 Å². The van der Waals surface area contributed by atoms with Gasteiger partial charge in [0.2, 0.25) is 0 Å². The van der Waals surface area contributed by atoms with Crippen LogP contribution in [0.4, 0.5) is 17.1 Å². The van der Waals surface area contributed by atoms with E-state index in [1.165, 1.54) is 37.4 Å². The monoisotopic (exact) mass is 550 g/mol. The highest BCUT2D eigenvalue weighted by Crippen LogP contribution is 2.29. The van der Waals surface area contributed by atoms with E-state index in [9.17, 15) is 19.7 Å². The van der Waals surface area contributed by atoms with E-state index in [2.05, 4.69) is 16.0 Å². The molecule has 38 heavy (non-hydrogen) atoms. The first-order valence-electron chi connectivity index (χ1n) is 11.0. The van der Waals surface area contributed by atoms with Gasteiger partial charge in [-0.3, -0.25) is 25.0 Å². The molecule has 0 radical (unpaired) electrons. The zero-order chi connectivity index (χ0) is 27.2. The molecule has 0 saturated heterocycles. The predicted octanol–water partition coefficient (Wildman–Crippen LogP) is 5.90. The summed E-state index contributed by atoms with van der Waals surface area (Å²) in [7, 11) is 1.44. The van der Waals surface area contributed by atoms with Gasteiger partial charge in [-0.25, -0.2) is 0 Å². The number of non-ortho nitro benzene ring substituents is 1. The molecule has 0 bridgehead atoms. The lowest BCUT2D eigenvalue weighted by Gasteiger charge is -2.14. The fourth-order valence-electron chi connectivity index (χ4n) is 3.42. The Morgan fingerprint density at radius 2 is 1.76 bits per heavy atom. The van der Waals surface area contributed by atoms with Gasteiger partial charge in [0.15, 0.2) is 10.9 Å². The Bertz CT molecular complexity index is 1550. The van der Waals surface area contributed by atoms with Gasteiger partial charge in [-0.2, -0.15) is 0 Å². The number of carbonyl (C=O) groups is 2. The molecule has 192 valence electrons. The van der Waals surface area contributed by atoms with Gasteiger partial charge >= 0.3 is 0 Å². The number of anilines is 2. The summed E-state index contributed by atoms with van der Waals surface area (Å²) in [5, 5.41) is 19.4. The van der Waals surface area contributed by atoms with Crippen molar-refractivity contribution in [2.75, 3.05) is 17.7 Å². The second kappa shape index (κ2) is 11.5. The number of nitro benzene ring substituents is 1. The molecular formula is C26H19ClN4O6S. The first-order valence-corrected chi connectivity index (χ1v) is 11.7. The van der Waals surface area contributed by atoms with Crippen LogP contribution in [0.15, 0.2) is 83.3 Å². The number of rotatable bonds is 7. The number of amides is 2. The summed E-state index contributed by atoms with van der Waals surface area (Å²) in [4.78, 5) is 35.7. The second-order valence-corrected chi connectivity index (χ2v) is 8.54. The third-order valence-corrected chi connectivity index (χ3v) is 5.76. The Balaban J connectivity index is 1.40. The Hall–Kier alpha value is -4.74. The minimum absolute atomic E-state index is 0.0156. The summed E-state index contributed by atoms with van der Waals surface area (Å²) in [5.41, 5.74) is 1.56. The smallest absolute Gasteiger partial charge is 0.293 e. The van der Waals surface area contributed by atoms with Gasteiger partial charge in [-0.15, -0.1) is 0 Å². The molecule has 3 aromatic carbocycles. The average Bonchev–Trinajstić information content (AvgIpc) is 3.40. The summed E-state index contributed by atoms with van der Waals surface area (Å²) in [6.07, 6.45) is 0. The van der Waals surface area contributed by atoms with Crippen molar-refractivity contribution >= 4 is 57.8 Å². The van der Waals surface area contributed by atoms with Crippen molar-refractivity contribution in [1.82, 2.24) is 5.32 Å². The molecule has 0 aliphatic heterocycles. The van der Waals surface area contributed by atoms with Crippen LogP contribution in [-0.4, -0.2) is 29.0 Å². The summed E-state index contributed by atoms with van der Waals surface area (Å²) >= 11 is 11.3. The lowest BCUT2D eigenvalue weighted by atomic mass is 10.1. The molecule has 4 aromatic rings. The van der Waals surface area contributed by atoms with Crippen LogP contribution in [0, 0.1) is 10.1 Å². The molecule has 10 nitrogen and oxygen atoms in total. The van der Waals surface area contributed by atoms with E-state index in [4.69, 9.17) is 33.0 Å². The van der Waals surface area contributed by atoms with E-state index in [1.54, 1.807) is 48.5 Å². The number of methoxy groups -OCH3 is 1. The van der Waals surface area contributed by atoms with Crippen molar-refractivity contribution in [3.8, 4) is 17.1 Å². The number of nitrogens with one attached hydrogen (secondary N) is 3. The number of nitrogens with zero attached hydrogens (tertiary/aromatic N) is 1. The van der Waals surface area contributed by atoms with E-state index >= 15 is 0 Å². The standard InChI is InChI=1S/C26H19ClN4O6S/c1-36-23-14-16(9-10-20(23)29-24(32)18-7-2-3-8-19(18)27)28-26(38)30-25(33)22-12-11-21(37-22)15-5-4-6-17(13-15)31(34)35/h2-14H,1H3,(H,29,32)(H2,28,30,33,38). The zero-order valence-electron chi connectivity index (χ0n) is 19.7. The van der Waals surface area contributed by atoms with Gasteiger partial charge in [-0.05, 0) is 48.6 Å². The van der Waals surface area contributed by atoms with Gasteiger partial charge in [0, 0.05) is 29.4 Å². The number of nitro groups is 1. The molecule has 0 aliphatic rings. The maximum Gasteiger partial charge on any atom is 0.293 e. The summed E-state index contributed by atoms with van der Waals surface area (Å²) in [6, 6.07) is 20.3. The third kappa shape index (κ3) is 6.14. The minimum Gasteiger partial charge on any atom is -0.494 e. The molecule has 1 heterocycles. The van der Waals surface area contributed by atoms with Gasteiger partial charge in [-0.1, -0.05) is 35.9 Å². The summed E-state index contributed by atoms with van der Waals surface area (Å²) in [6.45, 7) is 0. The Morgan fingerprint density at radius 1 is 0.974 bits per heavy atom. The molecular weight excluding hydrogens is 532 g/mol. The van der Waals surface area contributed by atoms with Gasteiger partial charge in [0.05, 0.1) is 28.3 Å². The molecule has 0 fully saturated rings. The number of halogens is 1. The van der Waals surface area contributed by atoms with E-state index < -0.39 is 16.7 Å². The van der Waals surface area contributed by atoms with Crippen molar-refractivity contribution in [2.24, 2.45) is 0 Å². The maximum absolute atomic E-state index is 12.6. The number of hydrogen-bond acceptors (Lipinski definition) is 7. The van der Waals surface area contributed by atoms with Crippen LogP contribution in [0.25, 0.3) is 11.3 Å². The Morgan fingerprint density at radius 3 is 2.50 bits per heavy atom. The topological polar surface area (TPSA) is 136 Å². The van der Waals surface area contributed by atoms with Crippen LogP contribution in [0.5, 0.6) is 5.75 Å². The lowest BCUT2D eigenvalue weighted by molar-refractivity contribution is -0.384. The highest BCUT2D eigenvalue weighted by molar-refractivity contribution is 7.80. The average molecular weight is 551 g/mol. The first kappa shape index (κ1) is 26.3. The number of thiocarbonyl (C=S) groups is 1. The van der Waals surface area contributed by atoms with Crippen molar-refractivity contribution in [3.63, 3.8) is 0 Å². The quantitative estimate of drug-likeness (QED) is 0.147. The van der Waals surface area contributed by atoms with Crippen molar-refractivity contribution in [2.45, 2.75) is 0 Å². The molecule has 3 N–H and O–H groups in total. The molecule has 12 heteroatoms. The van der Waals surface area contributed by atoms with E-state index in [1.807, 2.05) is 0 Å². The van der Waals surface area contributed by atoms with E-state index in [-0.39, 0.29) is 22.3 Å². The van der Waals surface area contributed by atoms with Crippen LogP contribution >= 0.6 is 23.8 Å². The van der Waals surface area contributed by atoms with Gasteiger partial charge in [0.25, 0.3) is 17.5 Å². The van der Waals surface area contributed by atoms with Crippen LogP contribution in [0.1, 0.15) is 20.9 Å². The second-order valence-electron chi connectivity index (χ2n) is 7.73. The summed E-state index contributed by atoms with van der Waals surface area (Å²) in [5.74, 6) is -0.421. The van der Waals surface area contributed by atoms with Crippen molar-refractivity contribution < 1.29 is 23.7 Å².